The quantitative estimate of drug-likeness (QED) is 0.0780. The molecule has 4 amide bonds. The van der Waals surface area contributed by atoms with Crippen LogP contribution in [0.5, 0.6) is 0 Å². The van der Waals surface area contributed by atoms with Crippen molar-refractivity contribution in [1.29, 1.82) is 0 Å². The van der Waals surface area contributed by atoms with Gasteiger partial charge in [0.2, 0.25) is 11.8 Å². The normalized spacial score (nSPS) is 30.7. The summed E-state index contributed by atoms with van der Waals surface area (Å²) in [6.07, 6.45) is 32.6. The van der Waals surface area contributed by atoms with Crippen molar-refractivity contribution in [3.8, 4) is 47.4 Å². The maximum atomic E-state index is 14.3. The average molecular weight is 1760 g/mol. The van der Waals surface area contributed by atoms with Gasteiger partial charge in [-0.05, 0) is 280 Å². The van der Waals surface area contributed by atoms with E-state index < -0.39 is 28.8 Å². The van der Waals surface area contributed by atoms with Gasteiger partial charge in [-0.1, -0.05) is 71.6 Å². The van der Waals surface area contributed by atoms with Crippen LogP contribution in [-0.2, 0) is 104 Å². The van der Waals surface area contributed by atoms with Crippen LogP contribution in [0.2, 0.25) is 0 Å². The summed E-state index contributed by atoms with van der Waals surface area (Å²) in [6, 6.07) is 25.1. The fourth-order valence-electron chi connectivity index (χ4n) is 23.6. The van der Waals surface area contributed by atoms with Crippen molar-refractivity contribution in [2.75, 3.05) is 48.2 Å². The number of Topliss-reactive ketones (excluding diaryl/α,β-unsaturated/α-hetero) is 1. The number of fused-ring (bicyclic) bond motifs is 12. The van der Waals surface area contributed by atoms with E-state index in [1.54, 1.807) is 52.7 Å². The number of aliphatic imine (C=N–C) groups is 4. The van der Waals surface area contributed by atoms with Crippen LogP contribution in [-0.4, -0.2) is 166 Å². The highest BCUT2D eigenvalue weighted by atomic mass is 19.1. The Morgan fingerprint density at radius 3 is 0.992 bits per heavy atom. The van der Waals surface area contributed by atoms with Gasteiger partial charge >= 0.3 is 0 Å². The molecule has 16 aliphatic rings. The Morgan fingerprint density at radius 2 is 0.715 bits per heavy atom. The van der Waals surface area contributed by atoms with Gasteiger partial charge in [0.1, 0.15) is 25.3 Å². The van der Waals surface area contributed by atoms with E-state index in [4.69, 9.17) is 66.3 Å². The zero-order valence-electron chi connectivity index (χ0n) is 75.5. The Bertz CT molecular complexity index is 5910. The summed E-state index contributed by atoms with van der Waals surface area (Å²) in [5.74, 6) is 29.9. The molecule has 4 aliphatic heterocycles. The third-order valence-electron chi connectivity index (χ3n) is 31.3. The van der Waals surface area contributed by atoms with E-state index in [1.807, 2.05) is 12.1 Å². The lowest BCUT2D eigenvalue weighted by atomic mass is 9.61. The zero-order valence-corrected chi connectivity index (χ0v) is 75.5. The number of alkyl halides is 1. The molecular weight excluding hydrogens is 1640 g/mol. The highest BCUT2D eigenvalue weighted by molar-refractivity contribution is 6.11. The van der Waals surface area contributed by atoms with Crippen molar-refractivity contribution in [3.05, 3.63) is 176 Å². The number of aromatic nitrogens is 4. The molecule has 4 atom stereocenters. The number of aryl methyl sites for hydroxylation is 1. The summed E-state index contributed by atoms with van der Waals surface area (Å²) in [5.41, 5.74) is 32.9. The number of ether oxygens (including phenoxy) is 4. The van der Waals surface area contributed by atoms with E-state index in [1.165, 1.54) is 84.9 Å². The molecule has 22 rings (SSSR count). The molecular formula is C103H117FN16O10. The molecule has 4 aromatic carbocycles. The summed E-state index contributed by atoms with van der Waals surface area (Å²) >= 11 is 0. The average Bonchev–Trinajstić information content (AvgIpc) is 1.54. The van der Waals surface area contributed by atoms with Gasteiger partial charge < -0.3 is 46.3 Å². The van der Waals surface area contributed by atoms with Crippen LogP contribution in [0.15, 0.2) is 116 Å². The number of guanidine groups is 4. The first-order valence-corrected chi connectivity index (χ1v) is 46.9. The number of hydrogen-bond donors (Lipinski definition) is 4. The maximum absolute atomic E-state index is 14.3. The Hall–Kier alpha value is -11.5. The smallest absolute Gasteiger partial charge is 0.263 e. The minimum absolute atomic E-state index is 0.0336. The predicted octanol–water partition coefficient (Wildman–Crippen LogP) is 11.6. The van der Waals surface area contributed by atoms with Crippen molar-refractivity contribution in [2.24, 2.45) is 88.2 Å². The fourth-order valence-corrected chi connectivity index (χ4v) is 23.6. The number of carbonyl (C=O) groups excluding carboxylic acids is 5. The second kappa shape index (κ2) is 34.7. The van der Waals surface area contributed by atoms with Crippen LogP contribution in [0, 0.1) is 99.6 Å². The predicted molar refractivity (Wildman–Crippen MR) is 486 cm³/mol. The summed E-state index contributed by atoms with van der Waals surface area (Å²) < 4.78 is 41.3. The number of amides is 4. The number of benzene rings is 4. The summed E-state index contributed by atoms with van der Waals surface area (Å²) in [5, 5.41) is 7.96. The van der Waals surface area contributed by atoms with Gasteiger partial charge in [0, 0.05) is 134 Å². The SMILES string of the molecule is COC1CCC2(CC1)Cc1ccc(C#CC3CC3)cc1C21N=C(N)N(CCC(C)=O)C1=O.COC1CCC2(CC1)Cc1ccc(C#CC3CC3)cc1C21N=C(N)N(CCF)C1=O.COC1CCC2(CC1)Cc1ccc(C#CC3CC3)cc1C21N=C(N)N(Cc2cncnc2)C1=O.COC1CCC2(CC1)Cc1ccc(C#CC3CC3)cc1C21N=C(N)N(Cc2nnc(C)o2)C1=O. The number of rotatable bonds is 13. The molecule has 12 aliphatic carbocycles. The highest BCUT2D eigenvalue weighted by Crippen LogP contribution is 2.67. The monoisotopic (exact) mass is 1760 g/mol. The Kier molecular flexibility index (Phi) is 23.4. The van der Waals surface area contributed by atoms with Gasteiger partial charge in [-0.2, -0.15) is 0 Å². The first kappa shape index (κ1) is 87.8. The van der Waals surface area contributed by atoms with Crippen LogP contribution >= 0.6 is 0 Å². The minimum atomic E-state index is -1.07. The van der Waals surface area contributed by atoms with Gasteiger partial charge in [0.15, 0.2) is 46.0 Å². The molecule has 2 aromatic heterocycles. The molecule has 6 heterocycles. The van der Waals surface area contributed by atoms with Gasteiger partial charge in [0.05, 0.1) is 37.5 Å². The molecule has 8 N–H and O–H groups in total. The number of nitrogens with two attached hydrogens (primary N) is 4. The Morgan fingerprint density at radius 1 is 0.423 bits per heavy atom. The second-order valence-corrected chi connectivity index (χ2v) is 39.3. The molecule has 8 saturated carbocycles. The van der Waals surface area contributed by atoms with E-state index >= 15 is 0 Å². The molecule has 8 spiro atoms. The number of methoxy groups -OCH3 is 4. The van der Waals surface area contributed by atoms with Crippen LogP contribution in [0.1, 0.15) is 252 Å². The van der Waals surface area contributed by atoms with Gasteiger partial charge in [-0.3, -0.25) is 43.6 Å². The first-order valence-electron chi connectivity index (χ1n) is 46.9. The summed E-state index contributed by atoms with van der Waals surface area (Å²) in [7, 11) is 7.03. The van der Waals surface area contributed by atoms with Gasteiger partial charge in [-0.15, -0.1) is 10.2 Å². The van der Waals surface area contributed by atoms with Gasteiger partial charge in [-0.25, -0.2) is 34.3 Å². The van der Waals surface area contributed by atoms with E-state index in [-0.39, 0.29) is 125 Å². The lowest BCUT2D eigenvalue weighted by Crippen LogP contribution is -2.52. The molecule has 0 saturated heterocycles. The van der Waals surface area contributed by atoms with Crippen molar-refractivity contribution >= 4 is 53.3 Å². The van der Waals surface area contributed by atoms with Crippen LogP contribution < -0.4 is 22.9 Å². The number of carbonyl (C=O) groups is 5. The molecule has 6 aromatic rings. The summed E-state index contributed by atoms with van der Waals surface area (Å²) in [4.78, 5) is 102. The van der Waals surface area contributed by atoms with Crippen LogP contribution in [0.3, 0.4) is 0 Å². The molecule has 130 heavy (non-hydrogen) atoms. The van der Waals surface area contributed by atoms with Crippen LogP contribution in [0.25, 0.3) is 0 Å². The molecule has 27 heteroatoms. The maximum Gasteiger partial charge on any atom is 0.263 e. The summed E-state index contributed by atoms with van der Waals surface area (Å²) in [6.45, 7) is 3.27. The minimum Gasteiger partial charge on any atom is -0.424 e. The third-order valence-corrected chi connectivity index (χ3v) is 31.3. The third kappa shape index (κ3) is 15.4. The lowest BCUT2D eigenvalue weighted by Gasteiger charge is -2.45. The van der Waals surface area contributed by atoms with E-state index in [0.717, 1.165) is 195 Å². The topological polar surface area (TPSA) is 353 Å². The standard InChI is InChI=1S/C27H29N5O2.C26H29N5O3.C26H31N3O3.C24H28FN3O2/c1-34-22-8-10-26(11-9-22)13-21-7-6-19(5-4-18-2-3-18)12-23(21)27(26)24(33)32(25(28)31-27)16-20-14-29-17-30-15-20;1-16-29-30-22(34-16)15-31-23(32)26(28-24(31)27)21-13-18(6-5-17-3-4-17)7-8-19(21)14-25(26)11-9-20(33-2)10-12-25;1-17(30)11-14-29-23(31)26(28-24(29)27)22-15-19(6-5-18-3-4-18)7-8-20(22)16-25(26)12-9-21(32-2)10-13-25;1-30-19-8-10-23(11-9-19)15-18-7-6-17(5-4-16-2-3-16)14-20(18)24(23)21(29)28(13-12-25)22(26)27-24/h6-7,12,14-15,17-18,22H,2-3,8-11,13,16H2,1H3,(H2,28,31);7-8,13,17,20H,3-4,9-12,14-15H2,1-2H3,(H2,27,28);7-8,15,18,21H,3-4,9-14,16H2,1-2H3,(H2,27,28);6-7,14,16,19H,2-3,8-13,15H2,1H3,(H2,26,27). The van der Waals surface area contributed by atoms with Crippen molar-refractivity contribution in [3.63, 3.8) is 0 Å². The fraction of sp³-hybridized carbons (Fsp3) is 0.544. The first-order chi connectivity index (χ1) is 62.9. The number of ketones is 1. The van der Waals surface area contributed by atoms with E-state index in [2.05, 4.69) is 128 Å². The van der Waals surface area contributed by atoms with E-state index in [9.17, 15) is 28.4 Å². The Labute approximate surface area is 759 Å². The largest absolute Gasteiger partial charge is 0.424 e. The second-order valence-electron chi connectivity index (χ2n) is 39.3. The van der Waals surface area contributed by atoms with Crippen LogP contribution in [0.4, 0.5) is 4.39 Å². The molecule has 0 bridgehead atoms. The molecule has 0 radical (unpaired) electrons. The zero-order chi connectivity index (χ0) is 90.3. The van der Waals surface area contributed by atoms with Crippen molar-refractivity contribution < 1.29 is 51.7 Å². The number of nitrogens with zero attached hydrogens (tertiary/aromatic N) is 12. The molecule has 676 valence electrons. The Balaban J connectivity index is 0.000000112. The number of halogens is 1. The number of hydrogen-bond acceptors (Lipinski definition) is 22. The molecule has 26 nitrogen and oxygen atoms in total. The van der Waals surface area contributed by atoms with Crippen molar-refractivity contribution in [2.45, 2.75) is 260 Å². The molecule has 4 unspecified atom stereocenters. The lowest BCUT2D eigenvalue weighted by molar-refractivity contribution is -0.139. The molecule has 8 fully saturated rings. The van der Waals surface area contributed by atoms with E-state index in [0.29, 0.717) is 42.0 Å². The van der Waals surface area contributed by atoms with Gasteiger partial charge in [0.25, 0.3) is 23.6 Å². The van der Waals surface area contributed by atoms with Crippen molar-refractivity contribution in [1.82, 2.24) is 39.8 Å². The highest BCUT2D eigenvalue weighted by Gasteiger charge is 2.71.